The molecule has 0 fully saturated rings. The zero-order chi connectivity index (χ0) is 27.1. The molecule has 190 valence electrons. The molecule has 11 heteroatoms. The van der Waals surface area contributed by atoms with E-state index >= 15 is 0 Å². The summed E-state index contributed by atoms with van der Waals surface area (Å²) in [5.74, 6) is -4.83. The Labute approximate surface area is 203 Å². The number of aryl methyl sites for hydroxylation is 1. The maximum Gasteiger partial charge on any atom is 0.458 e. The highest BCUT2D eigenvalue weighted by Gasteiger charge is 2.41. The van der Waals surface area contributed by atoms with E-state index in [9.17, 15) is 39.5 Å². The summed E-state index contributed by atoms with van der Waals surface area (Å²) in [5, 5.41) is -0.821. The van der Waals surface area contributed by atoms with E-state index in [0.717, 1.165) is 29.7 Å². The maximum atomic E-state index is 14.8. The Morgan fingerprint density at radius 3 is 2.08 bits per heavy atom. The summed E-state index contributed by atoms with van der Waals surface area (Å²) in [4.78, 5) is 3.99. The van der Waals surface area contributed by atoms with E-state index in [-0.39, 0.29) is 16.6 Å². The summed E-state index contributed by atoms with van der Waals surface area (Å²) in [6, 6.07) is 7.27. The number of aromatic nitrogens is 1. The van der Waals surface area contributed by atoms with Crippen molar-refractivity contribution in [2.75, 3.05) is 0 Å². The van der Waals surface area contributed by atoms with Gasteiger partial charge in [-0.2, -0.15) is 22.0 Å². The lowest BCUT2D eigenvalue weighted by Crippen LogP contribution is -2.25. The molecule has 0 aliphatic carbocycles. The largest absolute Gasteiger partial charge is 0.458 e. The lowest BCUT2D eigenvalue weighted by molar-refractivity contribution is -0.189. The number of ether oxygens (including phenoxy) is 1. The third kappa shape index (κ3) is 5.48. The number of benzene rings is 3. The molecule has 2 nitrogen and oxygen atoms in total. The number of alkyl halides is 5. The van der Waals surface area contributed by atoms with Crippen LogP contribution in [0.3, 0.4) is 0 Å². The summed E-state index contributed by atoms with van der Waals surface area (Å²) in [6.45, 7) is 1.73. The van der Waals surface area contributed by atoms with Crippen LogP contribution in [0, 0.1) is 42.0 Å². The Morgan fingerprint density at radius 2 is 1.49 bits per heavy atom. The zero-order valence-corrected chi connectivity index (χ0v) is 18.5. The van der Waals surface area contributed by atoms with Crippen molar-refractivity contribution in [2.45, 2.75) is 19.2 Å². The number of pyridine rings is 1. The van der Waals surface area contributed by atoms with Gasteiger partial charge in [0.05, 0.1) is 11.3 Å². The van der Waals surface area contributed by atoms with Crippen molar-refractivity contribution in [3.05, 3.63) is 94.7 Å². The van der Waals surface area contributed by atoms with E-state index in [1.807, 2.05) is 0 Å². The average molecular weight is 525 g/mol. The van der Waals surface area contributed by atoms with Crippen LogP contribution in [0.25, 0.3) is 22.0 Å². The molecule has 0 aliphatic rings. The molecule has 1 aromatic heterocycles. The van der Waals surface area contributed by atoms with Crippen molar-refractivity contribution in [3.63, 3.8) is 0 Å². The predicted molar refractivity (Wildman–Crippen MR) is 116 cm³/mol. The van der Waals surface area contributed by atoms with Crippen molar-refractivity contribution in [1.82, 2.24) is 4.98 Å². The first-order chi connectivity index (χ1) is 17.2. The van der Waals surface area contributed by atoms with E-state index in [4.69, 9.17) is 0 Å². The molecule has 0 saturated heterocycles. The number of halogens is 9. The van der Waals surface area contributed by atoms with Gasteiger partial charge in [0.2, 0.25) is 0 Å². The van der Waals surface area contributed by atoms with Crippen molar-refractivity contribution in [2.24, 2.45) is 0 Å². The van der Waals surface area contributed by atoms with Crippen LogP contribution in [0.15, 0.2) is 54.7 Å². The standard InChI is InChI=1S/C26H12F9NO/c1-13-2-5-22(36-12-13)15-10-20(28)23(21(29)11-15)26(34,35)37-16-3-4-17-14(8-16)9-19(27)18(24(17)30)6-7-25(31,32)33/h2-5,8-12H,1H3. The van der Waals surface area contributed by atoms with E-state index < -0.39 is 57.8 Å². The number of hydrogen-bond donors (Lipinski definition) is 0. The van der Waals surface area contributed by atoms with E-state index in [2.05, 4.69) is 9.72 Å². The minimum atomic E-state index is -5.00. The number of hydrogen-bond acceptors (Lipinski definition) is 2. The van der Waals surface area contributed by atoms with Gasteiger partial charge in [0, 0.05) is 23.1 Å². The van der Waals surface area contributed by atoms with Crippen LogP contribution in [0.5, 0.6) is 5.75 Å². The molecule has 0 saturated carbocycles. The van der Waals surface area contributed by atoms with Gasteiger partial charge in [0.15, 0.2) is 0 Å². The Morgan fingerprint density at radius 1 is 0.811 bits per heavy atom. The summed E-state index contributed by atoms with van der Waals surface area (Å²) < 4.78 is 129. The van der Waals surface area contributed by atoms with Gasteiger partial charge < -0.3 is 4.74 Å². The molecular formula is C26H12F9NO. The zero-order valence-electron chi connectivity index (χ0n) is 18.5. The highest BCUT2D eigenvalue weighted by atomic mass is 19.4. The fourth-order valence-corrected chi connectivity index (χ4v) is 3.46. The van der Waals surface area contributed by atoms with Crippen molar-refractivity contribution >= 4 is 10.8 Å². The number of fused-ring (bicyclic) bond motifs is 1. The van der Waals surface area contributed by atoms with Gasteiger partial charge in [-0.25, -0.2) is 17.6 Å². The second kappa shape index (κ2) is 9.35. The van der Waals surface area contributed by atoms with Gasteiger partial charge in [-0.3, -0.25) is 4.98 Å². The summed E-state index contributed by atoms with van der Waals surface area (Å²) in [5.41, 5.74) is -2.08. The SMILES string of the molecule is Cc1ccc(-c2cc(F)c(C(F)(F)Oc3ccc4c(F)c(C#CC(F)(F)F)c(F)cc4c3)c(F)c2)nc1. The monoisotopic (exact) mass is 525 g/mol. The molecule has 0 unspecified atom stereocenters. The Balaban J connectivity index is 1.68. The second-order valence-electron chi connectivity index (χ2n) is 7.83. The molecule has 0 amide bonds. The van der Waals surface area contributed by atoms with Crippen molar-refractivity contribution < 1.29 is 44.3 Å². The number of nitrogens with zero attached hydrogens (tertiary/aromatic N) is 1. The van der Waals surface area contributed by atoms with Crippen LogP contribution in [-0.2, 0) is 6.11 Å². The van der Waals surface area contributed by atoms with Crippen LogP contribution in [-0.4, -0.2) is 11.2 Å². The fraction of sp³-hybridized carbons (Fsp3) is 0.115. The van der Waals surface area contributed by atoms with Gasteiger partial charge >= 0.3 is 12.3 Å². The van der Waals surface area contributed by atoms with Crippen LogP contribution in [0.1, 0.15) is 16.7 Å². The minimum Gasteiger partial charge on any atom is -0.429 e. The van der Waals surface area contributed by atoms with Crippen LogP contribution in [0.4, 0.5) is 39.5 Å². The molecule has 0 atom stereocenters. The first-order valence-corrected chi connectivity index (χ1v) is 10.3. The van der Waals surface area contributed by atoms with Crippen molar-refractivity contribution in [3.8, 4) is 28.8 Å². The molecule has 0 spiro atoms. The molecule has 3 aromatic carbocycles. The molecule has 0 aliphatic heterocycles. The Kier molecular flexibility index (Phi) is 6.54. The van der Waals surface area contributed by atoms with Gasteiger partial charge in [-0.1, -0.05) is 12.0 Å². The molecule has 4 rings (SSSR count). The highest BCUT2D eigenvalue weighted by molar-refractivity contribution is 5.86. The normalized spacial score (nSPS) is 11.8. The van der Waals surface area contributed by atoms with Crippen LogP contribution >= 0.6 is 0 Å². The summed E-state index contributed by atoms with van der Waals surface area (Å²) in [6.07, 6.45) is -8.14. The van der Waals surface area contributed by atoms with Gasteiger partial charge in [0.25, 0.3) is 0 Å². The van der Waals surface area contributed by atoms with E-state index in [1.54, 1.807) is 13.0 Å². The molecule has 1 heterocycles. The first kappa shape index (κ1) is 25.9. The predicted octanol–water partition coefficient (Wildman–Crippen LogP) is 7.81. The lowest BCUT2D eigenvalue weighted by Gasteiger charge is -2.20. The van der Waals surface area contributed by atoms with Crippen molar-refractivity contribution in [1.29, 1.82) is 0 Å². The molecular weight excluding hydrogens is 513 g/mol. The molecule has 4 aromatic rings. The quantitative estimate of drug-likeness (QED) is 0.200. The van der Waals surface area contributed by atoms with Crippen LogP contribution < -0.4 is 4.74 Å². The maximum absolute atomic E-state index is 14.8. The first-order valence-electron chi connectivity index (χ1n) is 10.3. The topological polar surface area (TPSA) is 22.1 Å². The lowest BCUT2D eigenvalue weighted by atomic mass is 10.0. The van der Waals surface area contributed by atoms with E-state index in [0.29, 0.717) is 18.2 Å². The third-order valence-corrected chi connectivity index (χ3v) is 5.12. The van der Waals surface area contributed by atoms with Gasteiger partial charge in [0.1, 0.15) is 34.6 Å². The van der Waals surface area contributed by atoms with Gasteiger partial charge in [-0.15, -0.1) is 0 Å². The molecule has 0 N–H and O–H groups in total. The van der Waals surface area contributed by atoms with Crippen LogP contribution in [0.2, 0.25) is 0 Å². The Hall–Kier alpha value is -4.20. The molecule has 0 radical (unpaired) electrons. The van der Waals surface area contributed by atoms with Gasteiger partial charge in [-0.05, 0) is 60.3 Å². The average Bonchev–Trinajstić information content (AvgIpc) is 2.77. The van der Waals surface area contributed by atoms with E-state index in [1.165, 1.54) is 18.2 Å². The minimum absolute atomic E-state index is 0.101. The molecule has 37 heavy (non-hydrogen) atoms. The third-order valence-electron chi connectivity index (χ3n) is 5.12. The molecule has 0 bridgehead atoms. The smallest absolute Gasteiger partial charge is 0.429 e. The Bertz CT molecular complexity index is 1540. The summed E-state index contributed by atoms with van der Waals surface area (Å²) >= 11 is 0. The number of rotatable bonds is 4. The highest BCUT2D eigenvalue weighted by Crippen LogP contribution is 2.38. The summed E-state index contributed by atoms with van der Waals surface area (Å²) in [7, 11) is 0. The fourth-order valence-electron chi connectivity index (χ4n) is 3.46. The second-order valence-corrected chi connectivity index (χ2v) is 7.83.